The number of ether oxygens (including phenoxy) is 2. The number of likely N-dealkylation sites (N-methyl/N-ethyl adjacent to an activating group) is 1. The highest BCUT2D eigenvalue weighted by Gasteiger charge is 2.15. The van der Waals surface area contributed by atoms with Crippen molar-refractivity contribution < 1.29 is 9.47 Å². The quantitative estimate of drug-likeness (QED) is 0.239. The van der Waals surface area contributed by atoms with Gasteiger partial charge in [-0.05, 0) is 30.7 Å². The summed E-state index contributed by atoms with van der Waals surface area (Å²) in [6.45, 7) is 8.89. The van der Waals surface area contributed by atoms with Crippen LogP contribution in [0.5, 0.6) is 5.75 Å². The van der Waals surface area contributed by atoms with Crippen LogP contribution in [0, 0.1) is 0 Å². The van der Waals surface area contributed by atoms with Crippen molar-refractivity contribution >= 4 is 29.9 Å². The van der Waals surface area contributed by atoms with E-state index in [-0.39, 0.29) is 24.0 Å². The standard InChI is InChI=1S/C24H40N6O2.HI/c1-19(2)23-21(18-30(6)27-23)17-29(5)24(25-3)26-16-20-9-8-10-22(15-20)32-14-12-28(4)11-13-31-7;/h8-10,15,18-19H,11-14,16-17H2,1-7H3,(H,25,26);1H. The molecule has 0 radical (unpaired) electrons. The molecule has 0 saturated heterocycles. The van der Waals surface area contributed by atoms with Gasteiger partial charge in [-0.15, -0.1) is 24.0 Å². The van der Waals surface area contributed by atoms with Gasteiger partial charge in [0.25, 0.3) is 0 Å². The van der Waals surface area contributed by atoms with Crippen LogP contribution >= 0.6 is 24.0 Å². The van der Waals surface area contributed by atoms with E-state index in [0.29, 0.717) is 19.1 Å². The molecule has 33 heavy (non-hydrogen) atoms. The molecule has 0 spiro atoms. The van der Waals surface area contributed by atoms with E-state index >= 15 is 0 Å². The van der Waals surface area contributed by atoms with Gasteiger partial charge in [-0.25, -0.2) is 0 Å². The van der Waals surface area contributed by atoms with Crippen molar-refractivity contribution in [3.05, 3.63) is 47.3 Å². The van der Waals surface area contributed by atoms with Crippen molar-refractivity contribution in [2.24, 2.45) is 12.0 Å². The summed E-state index contributed by atoms with van der Waals surface area (Å²) in [4.78, 5) is 8.77. The van der Waals surface area contributed by atoms with Gasteiger partial charge in [-0.1, -0.05) is 26.0 Å². The van der Waals surface area contributed by atoms with Crippen LogP contribution in [0.2, 0.25) is 0 Å². The summed E-state index contributed by atoms with van der Waals surface area (Å²) in [5, 5.41) is 8.07. The number of benzene rings is 1. The minimum absolute atomic E-state index is 0. The number of halogens is 1. The zero-order chi connectivity index (χ0) is 23.5. The number of methoxy groups -OCH3 is 1. The van der Waals surface area contributed by atoms with Gasteiger partial charge < -0.3 is 24.6 Å². The lowest BCUT2D eigenvalue weighted by Gasteiger charge is -2.22. The van der Waals surface area contributed by atoms with Crippen LogP contribution in [0.25, 0.3) is 0 Å². The Kier molecular flexibility index (Phi) is 13.4. The van der Waals surface area contributed by atoms with Gasteiger partial charge in [0.1, 0.15) is 12.4 Å². The maximum absolute atomic E-state index is 5.93. The van der Waals surface area contributed by atoms with Crippen molar-refractivity contribution in [3.8, 4) is 5.75 Å². The molecule has 1 aromatic heterocycles. The Labute approximate surface area is 216 Å². The predicted octanol–water partition coefficient (Wildman–Crippen LogP) is 3.33. The van der Waals surface area contributed by atoms with Crippen LogP contribution in [-0.4, -0.2) is 80.1 Å². The largest absolute Gasteiger partial charge is 0.492 e. The van der Waals surface area contributed by atoms with E-state index in [2.05, 4.69) is 64.4 Å². The zero-order valence-electron chi connectivity index (χ0n) is 21.2. The van der Waals surface area contributed by atoms with Gasteiger partial charge in [0.15, 0.2) is 5.96 Å². The summed E-state index contributed by atoms with van der Waals surface area (Å²) in [6.07, 6.45) is 2.09. The fraction of sp³-hybridized carbons (Fsp3) is 0.583. The first-order valence-corrected chi connectivity index (χ1v) is 11.2. The normalized spacial score (nSPS) is 11.6. The van der Waals surface area contributed by atoms with Gasteiger partial charge >= 0.3 is 0 Å². The molecule has 0 saturated carbocycles. The van der Waals surface area contributed by atoms with Crippen LogP contribution in [0.4, 0.5) is 0 Å². The molecule has 1 N–H and O–H groups in total. The first kappa shape index (κ1) is 29.2. The predicted molar refractivity (Wildman–Crippen MR) is 146 cm³/mol. The number of guanidine groups is 1. The number of nitrogens with zero attached hydrogens (tertiary/aromatic N) is 5. The Morgan fingerprint density at radius 2 is 1.94 bits per heavy atom. The first-order valence-electron chi connectivity index (χ1n) is 11.2. The molecule has 1 aromatic carbocycles. The molecule has 0 fully saturated rings. The van der Waals surface area contributed by atoms with Crippen molar-refractivity contribution in [2.75, 3.05) is 54.6 Å². The molecular formula is C24H41IN6O2. The average molecular weight is 573 g/mol. The number of hydrogen-bond acceptors (Lipinski definition) is 5. The van der Waals surface area contributed by atoms with Gasteiger partial charge in [0.05, 0.1) is 12.3 Å². The average Bonchev–Trinajstić information content (AvgIpc) is 3.13. The van der Waals surface area contributed by atoms with E-state index in [1.807, 2.05) is 38.0 Å². The molecule has 9 heteroatoms. The molecule has 0 amide bonds. The first-order chi connectivity index (χ1) is 15.3. The third-order valence-electron chi connectivity index (χ3n) is 5.23. The van der Waals surface area contributed by atoms with Gasteiger partial charge in [-0.2, -0.15) is 5.10 Å². The minimum Gasteiger partial charge on any atom is -0.492 e. The SMILES string of the molecule is CN=C(NCc1cccc(OCCN(C)CCOC)c1)N(C)Cc1cn(C)nc1C(C)C.I. The lowest BCUT2D eigenvalue weighted by molar-refractivity contribution is 0.150. The van der Waals surface area contributed by atoms with Crippen molar-refractivity contribution in [1.82, 2.24) is 24.9 Å². The monoisotopic (exact) mass is 572 g/mol. The summed E-state index contributed by atoms with van der Waals surface area (Å²) >= 11 is 0. The smallest absolute Gasteiger partial charge is 0.193 e. The topological polar surface area (TPSA) is 67.2 Å². The fourth-order valence-electron chi connectivity index (χ4n) is 3.48. The second-order valence-corrected chi connectivity index (χ2v) is 8.42. The van der Waals surface area contributed by atoms with Crippen molar-refractivity contribution in [3.63, 3.8) is 0 Å². The summed E-state index contributed by atoms with van der Waals surface area (Å²) in [6, 6.07) is 8.19. The highest BCUT2D eigenvalue weighted by molar-refractivity contribution is 14.0. The second kappa shape index (κ2) is 15.1. The maximum Gasteiger partial charge on any atom is 0.193 e. The Morgan fingerprint density at radius 1 is 1.21 bits per heavy atom. The summed E-state index contributed by atoms with van der Waals surface area (Å²) in [5.74, 6) is 2.11. The fourth-order valence-corrected chi connectivity index (χ4v) is 3.48. The molecule has 0 aliphatic heterocycles. The van der Waals surface area contributed by atoms with Gasteiger partial charge in [-0.3, -0.25) is 9.67 Å². The number of aliphatic imine (C=N–C) groups is 1. The molecule has 0 aliphatic carbocycles. The van der Waals surface area contributed by atoms with E-state index in [1.54, 1.807) is 7.11 Å². The zero-order valence-corrected chi connectivity index (χ0v) is 23.5. The lowest BCUT2D eigenvalue weighted by Crippen LogP contribution is -2.38. The van der Waals surface area contributed by atoms with E-state index in [1.165, 1.54) is 5.56 Å². The van der Waals surface area contributed by atoms with Gasteiger partial charge in [0.2, 0.25) is 0 Å². The Bertz CT molecular complexity index is 855. The van der Waals surface area contributed by atoms with Crippen LogP contribution in [0.3, 0.4) is 0 Å². The van der Waals surface area contributed by atoms with Crippen LogP contribution in [0.1, 0.15) is 36.6 Å². The molecule has 0 aliphatic rings. The van der Waals surface area contributed by atoms with E-state index in [9.17, 15) is 0 Å². The highest BCUT2D eigenvalue weighted by Crippen LogP contribution is 2.19. The minimum atomic E-state index is 0. The van der Waals surface area contributed by atoms with Crippen molar-refractivity contribution in [2.45, 2.75) is 32.9 Å². The third-order valence-corrected chi connectivity index (χ3v) is 5.23. The summed E-state index contributed by atoms with van der Waals surface area (Å²) in [5.41, 5.74) is 3.50. The highest BCUT2D eigenvalue weighted by atomic mass is 127. The number of rotatable bonds is 12. The molecule has 1 heterocycles. The Balaban J connectivity index is 0.00000544. The molecule has 0 bridgehead atoms. The number of aryl methyl sites for hydroxylation is 1. The van der Waals surface area contributed by atoms with E-state index in [4.69, 9.17) is 9.47 Å². The molecule has 2 rings (SSSR count). The second-order valence-electron chi connectivity index (χ2n) is 8.42. The summed E-state index contributed by atoms with van der Waals surface area (Å²) < 4.78 is 12.9. The number of hydrogen-bond donors (Lipinski definition) is 1. The molecule has 186 valence electrons. The maximum atomic E-state index is 5.93. The third kappa shape index (κ3) is 9.89. The Morgan fingerprint density at radius 3 is 2.61 bits per heavy atom. The number of nitrogens with one attached hydrogen (secondary N) is 1. The molecule has 2 aromatic rings. The Hall–Kier alpha value is -1.85. The molecule has 0 unspecified atom stereocenters. The molecule has 8 nitrogen and oxygen atoms in total. The van der Waals surface area contributed by atoms with E-state index in [0.717, 1.165) is 49.2 Å². The van der Waals surface area contributed by atoms with Crippen LogP contribution < -0.4 is 10.1 Å². The number of aromatic nitrogens is 2. The lowest BCUT2D eigenvalue weighted by atomic mass is 10.1. The van der Waals surface area contributed by atoms with Crippen LogP contribution in [-0.2, 0) is 24.9 Å². The van der Waals surface area contributed by atoms with Crippen LogP contribution in [0.15, 0.2) is 35.5 Å². The van der Waals surface area contributed by atoms with E-state index < -0.39 is 0 Å². The summed E-state index contributed by atoms with van der Waals surface area (Å²) in [7, 11) is 9.62. The van der Waals surface area contributed by atoms with Gasteiger partial charge in [0, 0.05) is 66.2 Å². The molecule has 0 atom stereocenters. The molecular weight excluding hydrogens is 531 g/mol. The van der Waals surface area contributed by atoms with Crippen molar-refractivity contribution in [1.29, 1.82) is 0 Å².